The summed E-state index contributed by atoms with van der Waals surface area (Å²) in [5.41, 5.74) is 0. The maximum Gasteiger partial charge on any atom is 0.225 e. The van der Waals surface area contributed by atoms with Crippen molar-refractivity contribution in [3.63, 3.8) is 0 Å². The molecule has 2 aromatic rings. The van der Waals surface area contributed by atoms with E-state index in [1.165, 1.54) is 0 Å². The van der Waals surface area contributed by atoms with Crippen LogP contribution in [-0.4, -0.2) is 56.5 Å². The first-order valence-corrected chi connectivity index (χ1v) is 7.38. The Labute approximate surface area is 121 Å². The molecule has 3 heterocycles. The predicted molar refractivity (Wildman–Crippen MR) is 80.8 cm³/mol. The van der Waals surface area contributed by atoms with Crippen LogP contribution in [-0.2, 0) is 9.47 Å². The van der Waals surface area contributed by atoms with Crippen LogP contribution in [0.15, 0.2) is 11.4 Å². The Kier molecular flexibility index (Phi) is 3.73. The van der Waals surface area contributed by atoms with Crippen molar-refractivity contribution in [2.75, 3.05) is 44.6 Å². The van der Waals surface area contributed by atoms with Gasteiger partial charge < -0.3 is 19.7 Å². The van der Waals surface area contributed by atoms with Gasteiger partial charge in [0.1, 0.15) is 22.9 Å². The molecule has 0 saturated carbocycles. The molecule has 0 radical (unpaired) electrons. The number of methoxy groups -OCH3 is 2. The Morgan fingerprint density at radius 3 is 2.55 bits per heavy atom. The summed E-state index contributed by atoms with van der Waals surface area (Å²) in [5, 5.41) is 6.14. The van der Waals surface area contributed by atoms with Gasteiger partial charge in [-0.05, 0) is 11.4 Å². The second-order valence-corrected chi connectivity index (χ2v) is 5.61. The second-order valence-electron chi connectivity index (χ2n) is 4.71. The maximum atomic E-state index is 5.49. The highest BCUT2D eigenvalue weighted by Gasteiger charge is 2.34. The number of nitrogens with zero attached hydrogens (tertiary/aromatic N) is 3. The van der Waals surface area contributed by atoms with E-state index in [9.17, 15) is 0 Å². The van der Waals surface area contributed by atoms with E-state index in [2.05, 4.69) is 26.3 Å². The first kappa shape index (κ1) is 13.5. The average molecular weight is 294 g/mol. The minimum absolute atomic E-state index is 0.0710. The Hall–Kier alpha value is -1.44. The number of aromatic nitrogens is 2. The molecule has 2 atom stereocenters. The van der Waals surface area contributed by atoms with Crippen LogP contribution in [0.25, 0.3) is 10.2 Å². The van der Waals surface area contributed by atoms with Crippen LogP contribution in [0.1, 0.15) is 0 Å². The predicted octanol–water partition coefficient (Wildman–Crippen LogP) is 1.58. The highest BCUT2D eigenvalue weighted by atomic mass is 32.1. The van der Waals surface area contributed by atoms with E-state index in [4.69, 9.17) is 9.47 Å². The number of fused-ring (bicyclic) bond motifs is 1. The molecule has 1 aliphatic heterocycles. The van der Waals surface area contributed by atoms with E-state index in [0.717, 1.165) is 29.1 Å². The number of nitrogens with one attached hydrogen (secondary N) is 1. The van der Waals surface area contributed by atoms with Crippen LogP contribution >= 0.6 is 11.3 Å². The van der Waals surface area contributed by atoms with Crippen LogP contribution in [0, 0.1) is 0 Å². The largest absolute Gasteiger partial charge is 0.377 e. The van der Waals surface area contributed by atoms with E-state index in [0.29, 0.717) is 5.95 Å². The van der Waals surface area contributed by atoms with Gasteiger partial charge in [-0.2, -0.15) is 4.98 Å². The summed E-state index contributed by atoms with van der Waals surface area (Å²) < 4.78 is 11.0. The van der Waals surface area contributed by atoms with Crippen LogP contribution in [0.5, 0.6) is 0 Å². The number of thiophene rings is 1. The highest BCUT2D eigenvalue weighted by Crippen LogP contribution is 2.31. The van der Waals surface area contributed by atoms with E-state index in [-0.39, 0.29) is 12.2 Å². The molecule has 0 amide bonds. The summed E-state index contributed by atoms with van der Waals surface area (Å²) in [6.07, 6.45) is 0.142. The van der Waals surface area contributed by atoms with Crippen LogP contribution in [0.2, 0.25) is 0 Å². The number of hydrogen-bond acceptors (Lipinski definition) is 7. The maximum absolute atomic E-state index is 5.49. The molecular formula is C13H18N4O2S. The molecule has 0 spiro atoms. The van der Waals surface area contributed by atoms with Crippen molar-refractivity contribution in [2.45, 2.75) is 12.2 Å². The number of anilines is 2. The zero-order valence-electron chi connectivity index (χ0n) is 11.8. The Bertz CT molecular complexity index is 591. The summed E-state index contributed by atoms with van der Waals surface area (Å²) >= 11 is 1.62. The molecule has 6 nitrogen and oxygen atoms in total. The zero-order valence-corrected chi connectivity index (χ0v) is 12.6. The van der Waals surface area contributed by atoms with Crippen molar-refractivity contribution in [2.24, 2.45) is 0 Å². The molecule has 108 valence electrons. The highest BCUT2D eigenvalue weighted by molar-refractivity contribution is 7.16. The van der Waals surface area contributed by atoms with E-state index >= 15 is 0 Å². The molecule has 7 heteroatoms. The minimum atomic E-state index is 0.0710. The first-order valence-electron chi connectivity index (χ1n) is 6.50. The smallest absolute Gasteiger partial charge is 0.225 e. The molecule has 3 rings (SSSR count). The van der Waals surface area contributed by atoms with E-state index < -0.39 is 0 Å². The molecular weight excluding hydrogens is 276 g/mol. The van der Waals surface area contributed by atoms with Crippen molar-refractivity contribution < 1.29 is 9.47 Å². The average Bonchev–Trinajstić information content (AvgIpc) is 3.11. The fourth-order valence-electron chi connectivity index (χ4n) is 2.56. The van der Waals surface area contributed by atoms with Crippen molar-refractivity contribution >= 4 is 33.3 Å². The zero-order chi connectivity index (χ0) is 14.1. The molecule has 1 aliphatic rings. The fourth-order valence-corrected chi connectivity index (χ4v) is 3.32. The van der Waals surface area contributed by atoms with E-state index in [1.807, 2.05) is 12.4 Å². The molecule has 0 aliphatic carbocycles. The van der Waals surface area contributed by atoms with Gasteiger partial charge in [-0.25, -0.2) is 4.98 Å². The summed E-state index contributed by atoms with van der Waals surface area (Å²) in [6.45, 7) is 1.56. The topological polar surface area (TPSA) is 59.5 Å². The summed E-state index contributed by atoms with van der Waals surface area (Å²) in [5.74, 6) is 1.59. The molecule has 2 unspecified atom stereocenters. The quantitative estimate of drug-likeness (QED) is 0.924. The monoisotopic (exact) mass is 294 g/mol. The van der Waals surface area contributed by atoms with Crippen molar-refractivity contribution in [1.29, 1.82) is 0 Å². The number of ether oxygens (including phenoxy) is 2. The molecule has 1 N–H and O–H groups in total. The standard InChI is InChI=1S/C13H18N4O2S/c1-14-13-15-11(8-4-5-20-12(8)16-13)17-6-9(18-2)10(7-17)19-3/h4-5,9-10H,6-7H2,1-3H3,(H,14,15,16). The molecule has 1 fully saturated rings. The third kappa shape index (κ3) is 2.21. The molecule has 0 aromatic carbocycles. The lowest BCUT2D eigenvalue weighted by Crippen LogP contribution is -2.27. The third-order valence-electron chi connectivity index (χ3n) is 3.65. The van der Waals surface area contributed by atoms with Gasteiger partial charge in [-0.15, -0.1) is 11.3 Å². The Morgan fingerprint density at radius 2 is 1.95 bits per heavy atom. The summed E-state index contributed by atoms with van der Waals surface area (Å²) in [4.78, 5) is 12.3. The van der Waals surface area contributed by atoms with Crippen LogP contribution in [0.4, 0.5) is 11.8 Å². The number of hydrogen-bond donors (Lipinski definition) is 1. The van der Waals surface area contributed by atoms with Gasteiger partial charge in [0.2, 0.25) is 5.95 Å². The van der Waals surface area contributed by atoms with Gasteiger partial charge >= 0.3 is 0 Å². The SMILES string of the molecule is CNc1nc(N2CC(OC)C(OC)C2)c2ccsc2n1. The third-order valence-corrected chi connectivity index (χ3v) is 4.46. The lowest BCUT2D eigenvalue weighted by molar-refractivity contribution is -0.00461. The fraction of sp³-hybridized carbons (Fsp3) is 0.538. The minimum Gasteiger partial charge on any atom is -0.377 e. The van der Waals surface area contributed by atoms with Crippen LogP contribution in [0.3, 0.4) is 0 Å². The van der Waals surface area contributed by atoms with E-state index in [1.54, 1.807) is 25.6 Å². The van der Waals surface area contributed by atoms with Gasteiger partial charge in [0, 0.05) is 34.4 Å². The summed E-state index contributed by atoms with van der Waals surface area (Å²) in [6, 6.07) is 2.07. The molecule has 2 aromatic heterocycles. The molecule has 0 bridgehead atoms. The van der Waals surface area contributed by atoms with Crippen molar-refractivity contribution in [3.05, 3.63) is 11.4 Å². The van der Waals surface area contributed by atoms with Crippen molar-refractivity contribution in [3.8, 4) is 0 Å². The number of rotatable bonds is 4. The second kappa shape index (κ2) is 5.51. The lowest BCUT2D eigenvalue weighted by Gasteiger charge is -2.18. The van der Waals surface area contributed by atoms with Crippen LogP contribution < -0.4 is 10.2 Å². The summed E-state index contributed by atoms with van der Waals surface area (Å²) in [7, 11) is 5.27. The van der Waals surface area contributed by atoms with Crippen molar-refractivity contribution in [1.82, 2.24) is 9.97 Å². The lowest BCUT2D eigenvalue weighted by atomic mass is 10.3. The van der Waals surface area contributed by atoms with Gasteiger partial charge in [0.15, 0.2) is 0 Å². The first-order chi connectivity index (χ1) is 9.76. The van der Waals surface area contributed by atoms with Gasteiger partial charge in [0.25, 0.3) is 0 Å². The molecule has 1 saturated heterocycles. The van der Waals surface area contributed by atoms with Gasteiger partial charge in [0.05, 0.1) is 5.39 Å². The Balaban J connectivity index is 1.99. The normalized spacial score (nSPS) is 22.6. The molecule has 20 heavy (non-hydrogen) atoms. The van der Waals surface area contributed by atoms with Gasteiger partial charge in [-0.3, -0.25) is 0 Å². The van der Waals surface area contributed by atoms with Gasteiger partial charge in [-0.1, -0.05) is 0 Å². The Morgan fingerprint density at radius 1 is 1.25 bits per heavy atom.